The van der Waals surface area contributed by atoms with E-state index in [1.165, 1.54) is 17.0 Å². The predicted octanol–water partition coefficient (Wildman–Crippen LogP) is 2.75. The molecule has 2 saturated heterocycles. The Bertz CT molecular complexity index is 646. The summed E-state index contributed by atoms with van der Waals surface area (Å²) in [5, 5.41) is 3.06. The van der Waals surface area contributed by atoms with Gasteiger partial charge in [-0.2, -0.15) is 0 Å². The molecule has 1 atom stereocenters. The van der Waals surface area contributed by atoms with Crippen LogP contribution < -0.4 is 5.32 Å². The zero-order chi connectivity index (χ0) is 18.7. The fraction of sp³-hybridized carbons (Fsp3) is 0.632. The van der Waals surface area contributed by atoms with Crippen LogP contribution in [0.4, 0.5) is 13.6 Å². The van der Waals surface area contributed by atoms with E-state index in [9.17, 15) is 13.6 Å². The molecule has 1 aromatic rings. The molecular formula is C19H27F2N3O2. The molecule has 3 rings (SSSR count). The summed E-state index contributed by atoms with van der Waals surface area (Å²) < 4.78 is 33.3. The number of carbonyl (C=O) groups is 1. The van der Waals surface area contributed by atoms with Gasteiger partial charge in [0.2, 0.25) is 0 Å². The summed E-state index contributed by atoms with van der Waals surface area (Å²) in [7, 11) is 3.46. The van der Waals surface area contributed by atoms with Crippen molar-refractivity contribution in [3.8, 4) is 0 Å². The SMILES string of the molecule is CN(C)C(=O)N[C@H]1CCOC2(CCN(Cc3cc(F)ccc3F)CC2)C1. The molecule has 0 unspecified atom stereocenters. The van der Waals surface area contributed by atoms with Crippen LogP contribution >= 0.6 is 0 Å². The van der Waals surface area contributed by atoms with Gasteiger partial charge in [0.25, 0.3) is 0 Å². The minimum absolute atomic E-state index is 0.0777. The first-order valence-electron chi connectivity index (χ1n) is 9.15. The first kappa shape index (κ1) is 19.0. The molecule has 2 fully saturated rings. The zero-order valence-corrected chi connectivity index (χ0v) is 15.4. The van der Waals surface area contributed by atoms with Crippen molar-refractivity contribution in [2.24, 2.45) is 0 Å². The molecule has 1 N–H and O–H groups in total. The molecule has 144 valence electrons. The summed E-state index contributed by atoms with van der Waals surface area (Å²) in [6.07, 6.45) is 3.28. The van der Waals surface area contributed by atoms with E-state index in [-0.39, 0.29) is 23.5 Å². The number of benzene rings is 1. The Morgan fingerprint density at radius 1 is 1.35 bits per heavy atom. The second-order valence-electron chi connectivity index (χ2n) is 7.58. The molecule has 2 heterocycles. The van der Waals surface area contributed by atoms with Crippen LogP contribution in [-0.2, 0) is 11.3 Å². The summed E-state index contributed by atoms with van der Waals surface area (Å²) in [6, 6.07) is 3.63. The molecular weight excluding hydrogens is 340 g/mol. The van der Waals surface area contributed by atoms with Gasteiger partial charge in [0.05, 0.1) is 5.60 Å². The average Bonchev–Trinajstić information content (AvgIpc) is 2.60. The molecule has 0 bridgehead atoms. The van der Waals surface area contributed by atoms with Gasteiger partial charge >= 0.3 is 6.03 Å². The molecule has 7 heteroatoms. The molecule has 0 saturated carbocycles. The van der Waals surface area contributed by atoms with Crippen LogP contribution in [0.25, 0.3) is 0 Å². The molecule has 1 spiro atoms. The lowest BCUT2D eigenvalue weighted by atomic mass is 9.82. The highest BCUT2D eigenvalue weighted by Gasteiger charge is 2.40. The number of hydrogen-bond acceptors (Lipinski definition) is 3. The maximum atomic E-state index is 13.8. The van der Waals surface area contributed by atoms with Crippen molar-refractivity contribution in [1.29, 1.82) is 0 Å². The van der Waals surface area contributed by atoms with E-state index in [1.807, 2.05) is 0 Å². The van der Waals surface area contributed by atoms with Gasteiger partial charge in [0.1, 0.15) is 11.6 Å². The molecule has 0 aromatic heterocycles. The smallest absolute Gasteiger partial charge is 0.317 e. The summed E-state index contributed by atoms with van der Waals surface area (Å²) >= 11 is 0. The van der Waals surface area contributed by atoms with Crippen LogP contribution in [0, 0.1) is 11.6 Å². The number of nitrogens with one attached hydrogen (secondary N) is 1. The third kappa shape index (κ3) is 4.51. The topological polar surface area (TPSA) is 44.8 Å². The van der Waals surface area contributed by atoms with Gasteiger partial charge in [-0.15, -0.1) is 0 Å². The fourth-order valence-electron chi connectivity index (χ4n) is 3.83. The summed E-state index contributed by atoms with van der Waals surface area (Å²) in [5.74, 6) is -0.781. The first-order valence-corrected chi connectivity index (χ1v) is 9.15. The van der Waals surface area contributed by atoms with Crippen molar-refractivity contribution < 1.29 is 18.3 Å². The second-order valence-corrected chi connectivity index (χ2v) is 7.58. The molecule has 2 amide bonds. The quantitative estimate of drug-likeness (QED) is 0.894. The molecule has 1 aromatic carbocycles. The summed E-state index contributed by atoms with van der Waals surface area (Å²) in [6.45, 7) is 2.58. The lowest BCUT2D eigenvalue weighted by Gasteiger charge is -2.46. The molecule has 5 nitrogen and oxygen atoms in total. The largest absolute Gasteiger partial charge is 0.375 e. The highest BCUT2D eigenvalue weighted by atomic mass is 19.1. The predicted molar refractivity (Wildman–Crippen MR) is 94.8 cm³/mol. The average molecular weight is 367 g/mol. The van der Waals surface area contributed by atoms with Crippen LogP contribution in [0.3, 0.4) is 0 Å². The van der Waals surface area contributed by atoms with Crippen LogP contribution in [0.15, 0.2) is 18.2 Å². The standard InChI is InChI=1S/C19H27F2N3O2/c1-23(2)18(25)22-16-5-10-26-19(12-16)6-8-24(9-7-19)13-14-11-15(20)3-4-17(14)21/h3-4,11,16H,5-10,12-13H2,1-2H3,(H,22,25)/t16-/m0/s1. The number of hydrogen-bond donors (Lipinski definition) is 1. The van der Waals surface area contributed by atoms with Gasteiger partial charge in [0.15, 0.2) is 0 Å². The lowest BCUT2D eigenvalue weighted by Crippen LogP contribution is -2.54. The number of urea groups is 1. The number of piperidine rings is 1. The van der Waals surface area contributed by atoms with E-state index in [0.29, 0.717) is 18.7 Å². The monoisotopic (exact) mass is 367 g/mol. The Hall–Kier alpha value is -1.73. The normalized spacial score (nSPS) is 23.0. The van der Waals surface area contributed by atoms with E-state index < -0.39 is 5.82 Å². The number of halogens is 2. The Morgan fingerprint density at radius 2 is 2.08 bits per heavy atom. The van der Waals surface area contributed by atoms with Gasteiger partial charge in [-0.25, -0.2) is 13.6 Å². The number of rotatable bonds is 3. The number of likely N-dealkylation sites (tertiary alicyclic amines) is 1. The van der Waals surface area contributed by atoms with Crippen molar-refractivity contribution in [3.63, 3.8) is 0 Å². The van der Waals surface area contributed by atoms with Crippen LogP contribution in [0.2, 0.25) is 0 Å². The second kappa shape index (κ2) is 7.88. The van der Waals surface area contributed by atoms with Crippen LogP contribution in [-0.4, -0.2) is 61.3 Å². The number of ether oxygens (including phenoxy) is 1. The molecule has 26 heavy (non-hydrogen) atoms. The molecule has 0 aliphatic carbocycles. The number of nitrogens with zero attached hydrogens (tertiary/aromatic N) is 2. The summed E-state index contributed by atoms with van der Waals surface area (Å²) in [5.41, 5.74) is 0.168. The van der Waals surface area contributed by atoms with Gasteiger partial charge in [-0.3, -0.25) is 4.90 Å². The van der Waals surface area contributed by atoms with E-state index in [4.69, 9.17) is 4.74 Å². The highest BCUT2D eigenvalue weighted by molar-refractivity contribution is 5.73. The van der Waals surface area contributed by atoms with E-state index >= 15 is 0 Å². The van der Waals surface area contributed by atoms with E-state index in [0.717, 1.165) is 44.8 Å². The third-order valence-electron chi connectivity index (χ3n) is 5.40. The van der Waals surface area contributed by atoms with Crippen LogP contribution in [0.5, 0.6) is 0 Å². The van der Waals surface area contributed by atoms with Gasteiger partial charge in [-0.1, -0.05) is 0 Å². The Kier molecular flexibility index (Phi) is 5.77. The maximum Gasteiger partial charge on any atom is 0.317 e. The molecule has 0 radical (unpaired) electrons. The fourth-order valence-corrected chi connectivity index (χ4v) is 3.83. The summed E-state index contributed by atoms with van der Waals surface area (Å²) in [4.78, 5) is 15.6. The van der Waals surface area contributed by atoms with Crippen molar-refractivity contribution in [2.45, 2.75) is 43.9 Å². The van der Waals surface area contributed by atoms with Gasteiger partial charge < -0.3 is 15.0 Å². The van der Waals surface area contributed by atoms with Gasteiger partial charge in [-0.05, 0) is 43.9 Å². The van der Waals surface area contributed by atoms with Crippen molar-refractivity contribution in [1.82, 2.24) is 15.1 Å². The minimum atomic E-state index is -0.412. The Labute approximate surface area is 153 Å². The molecule has 2 aliphatic rings. The molecule has 2 aliphatic heterocycles. The Balaban J connectivity index is 1.55. The zero-order valence-electron chi connectivity index (χ0n) is 15.4. The van der Waals surface area contributed by atoms with E-state index in [1.54, 1.807) is 14.1 Å². The Morgan fingerprint density at radius 3 is 2.77 bits per heavy atom. The minimum Gasteiger partial charge on any atom is -0.375 e. The van der Waals surface area contributed by atoms with E-state index in [2.05, 4.69) is 10.2 Å². The number of carbonyl (C=O) groups excluding carboxylic acids is 1. The van der Waals surface area contributed by atoms with Crippen molar-refractivity contribution in [2.75, 3.05) is 33.8 Å². The highest BCUT2D eigenvalue weighted by Crippen LogP contribution is 2.35. The van der Waals surface area contributed by atoms with Crippen molar-refractivity contribution >= 4 is 6.03 Å². The van der Waals surface area contributed by atoms with Crippen molar-refractivity contribution in [3.05, 3.63) is 35.4 Å². The maximum absolute atomic E-state index is 13.8. The third-order valence-corrected chi connectivity index (χ3v) is 5.40. The van der Waals surface area contributed by atoms with Crippen LogP contribution in [0.1, 0.15) is 31.2 Å². The number of amides is 2. The first-order chi connectivity index (χ1) is 12.4. The lowest BCUT2D eigenvalue weighted by molar-refractivity contribution is -0.119. The van der Waals surface area contributed by atoms with Gasteiger partial charge in [0, 0.05) is 51.9 Å².